The van der Waals surface area contributed by atoms with Crippen molar-refractivity contribution in [2.24, 2.45) is 0 Å². The largest absolute Gasteiger partial charge is 0.507 e. The number of rotatable bonds is 4. The highest BCUT2D eigenvalue weighted by Gasteiger charge is 2.15. The number of H-pyrrole nitrogens is 1. The molecule has 6 nitrogen and oxygen atoms in total. The normalized spacial score (nSPS) is 11.7. The molecule has 3 aromatic rings. The topological polar surface area (TPSA) is 99.0 Å². The highest BCUT2D eigenvalue weighted by atomic mass is 35.5. The molecule has 0 aliphatic heterocycles. The molecule has 2 aromatic carbocycles. The molecule has 0 saturated carbocycles. The minimum absolute atomic E-state index is 0.0832. The lowest BCUT2D eigenvalue weighted by atomic mass is 10.2. The van der Waals surface area contributed by atoms with Crippen LogP contribution in [0.4, 0.5) is 0 Å². The van der Waals surface area contributed by atoms with E-state index in [1.807, 2.05) is 18.2 Å². The Kier molecular flexibility index (Phi) is 4.68. The Morgan fingerprint density at radius 1 is 1.24 bits per heavy atom. The van der Waals surface area contributed by atoms with Gasteiger partial charge < -0.3 is 14.8 Å². The van der Waals surface area contributed by atoms with Crippen molar-refractivity contribution >= 4 is 34.2 Å². The number of para-hydroxylation sites is 2. The minimum atomic E-state index is -0.634. The quantitative estimate of drug-likeness (QED) is 0.421. The molecule has 0 radical (unpaired) electrons. The summed E-state index contributed by atoms with van der Waals surface area (Å²) < 4.78 is 5.03. The van der Waals surface area contributed by atoms with Crippen molar-refractivity contribution in [1.29, 1.82) is 5.26 Å². The zero-order chi connectivity index (χ0) is 17.8. The second-order valence-corrected chi connectivity index (χ2v) is 5.56. The average molecular weight is 354 g/mol. The van der Waals surface area contributed by atoms with Gasteiger partial charge in [-0.15, -0.1) is 0 Å². The van der Waals surface area contributed by atoms with Crippen LogP contribution in [-0.4, -0.2) is 27.7 Å². The molecule has 7 heteroatoms. The molecular formula is C18H12ClN3O3. The number of fused-ring (bicyclic) bond motifs is 1. The number of benzene rings is 2. The van der Waals surface area contributed by atoms with E-state index in [1.165, 1.54) is 12.1 Å². The van der Waals surface area contributed by atoms with E-state index in [2.05, 4.69) is 9.97 Å². The van der Waals surface area contributed by atoms with Crippen molar-refractivity contribution < 1.29 is 14.6 Å². The van der Waals surface area contributed by atoms with Crippen molar-refractivity contribution in [3.8, 4) is 6.07 Å². The van der Waals surface area contributed by atoms with Gasteiger partial charge in [0.15, 0.2) is 11.6 Å². The van der Waals surface area contributed by atoms with E-state index in [0.29, 0.717) is 16.1 Å². The van der Waals surface area contributed by atoms with E-state index in [9.17, 15) is 15.2 Å². The molecule has 25 heavy (non-hydrogen) atoms. The van der Waals surface area contributed by atoms with Crippen LogP contribution >= 0.6 is 11.6 Å². The van der Waals surface area contributed by atoms with Crippen molar-refractivity contribution in [2.45, 2.75) is 0 Å². The standard InChI is InChI=1S/C18H12ClN3O3/c19-12-7-5-11(6-8-12)18(24)25-10-16(23)13(9-20)17-21-14-3-1-2-4-15(14)22-17/h1-8,23H,10H2,(H,21,22)/b16-13+. The summed E-state index contributed by atoms with van der Waals surface area (Å²) >= 11 is 5.76. The fourth-order valence-corrected chi connectivity index (χ4v) is 2.33. The maximum absolute atomic E-state index is 11.9. The Morgan fingerprint density at radius 2 is 1.96 bits per heavy atom. The van der Waals surface area contributed by atoms with E-state index in [-0.39, 0.29) is 17.2 Å². The Labute approximate surface area is 147 Å². The summed E-state index contributed by atoms with van der Waals surface area (Å²) in [7, 11) is 0. The maximum Gasteiger partial charge on any atom is 0.338 e. The Balaban J connectivity index is 1.78. The number of aliphatic hydroxyl groups excluding tert-OH is 1. The van der Waals surface area contributed by atoms with Crippen LogP contribution in [0.5, 0.6) is 0 Å². The summed E-state index contributed by atoms with van der Waals surface area (Å²) in [5.41, 5.74) is 1.60. The minimum Gasteiger partial charge on any atom is -0.507 e. The number of nitrogens with zero attached hydrogens (tertiary/aromatic N) is 2. The maximum atomic E-state index is 11.9. The van der Waals surface area contributed by atoms with Crippen LogP contribution in [0.3, 0.4) is 0 Å². The molecule has 2 N–H and O–H groups in total. The van der Waals surface area contributed by atoms with Crippen molar-refractivity contribution in [3.05, 3.63) is 70.7 Å². The van der Waals surface area contributed by atoms with E-state index in [0.717, 1.165) is 5.52 Å². The van der Waals surface area contributed by atoms with Gasteiger partial charge >= 0.3 is 5.97 Å². The van der Waals surface area contributed by atoms with Crippen LogP contribution in [0.15, 0.2) is 54.3 Å². The zero-order valence-electron chi connectivity index (χ0n) is 12.9. The van der Waals surface area contributed by atoms with E-state index in [1.54, 1.807) is 24.3 Å². The zero-order valence-corrected chi connectivity index (χ0v) is 13.6. The van der Waals surface area contributed by atoms with Gasteiger partial charge in [0.05, 0.1) is 16.6 Å². The lowest BCUT2D eigenvalue weighted by Crippen LogP contribution is -2.09. The van der Waals surface area contributed by atoms with Gasteiger partial charge in [-0.3, -0.25) is 0 Å². The number of aromatic amines is 1. The number of nitrogens with one attached hydrogen (secondary N) is 1. The number of allylic oxidation sites excluding steroid dienone is 1. The molecule has 0 spiro atoms. The molecule has 0 saturated heterocycles. The first kappa shape index (κ1) is 16.6. The fourth-order valence-electron chi connectivity index (χ4n) is 2.20. The van der Waals surface area contributed by atoms with Crippen LogP contribution in [0.25, 0.3) is 16.6 Å². The lowest BCUT2D eigenvalue weighted by molar-refractivity contribution is 0.0503. The van der Waals surface area contributed by atoms with Gasteiger partial charge in [0.2, 0.25) is 0 Å². The molecule has 0 unspecified atom stereocenters. The van der Waals surface area contributed by atoms with Crippen LogP contribution in [0.1, 0.15) is 16.2 Å². The summed E-state index contributed by atoms with van der Waals surface area (Å²) in [5.74, 6) is -0.808. The highest BCUT2D eigenvalue weighted by Crippen LogP contribution is 2.19. The Bertz CT molecular complexity index is 967. The van der Waals surface area contributed by atoms with Crippen molar-refractivity contribution in [2.75, 3.05) is 6.61 Å². The number of ether oxygens (including phenoxy) is 1. The first-order chi connectivity index (χ1) is 12.1. The van der Waals surface area contributed by atoms with Crippen LogP contribution in [0.2, 0.25) is 5.02 Å². The van der Waals surface area contributed by atoms with Gasteiger partial charge in [0.1, 0.15) is 18.2 Å². The highest BCUT2D eigenvalue weighted by molar-refractivity contribution is 6.30. The third-order valence-corrected chi connectivity index (χ3v) is 3.70. The number of aliphatic hydroxyl groups is 1. The molecule has 3 rings (SSSR count). The van der Waals surface area contributed by atoms with Crippen molar-refractivity contribution in [1.82, 2.24) is 9.97 Å². The second kappa shape index (κ2) is 7.07. The fraction of sp³-hybridized carbons (Fsp3) is 0.0556. The van der Waals surface area contributed by atoms with Gasteiger partial charge in [0.25, 0.3) is 0 Å². The Morgan fingerprint density at radius 3 is 2.64 bits per heavy atom. The summed E-state index contributed by atoms with van der Waals surface area (Å²) in [4.78, 5) is 19.1. The molecule has 0 bridgehead atoms. The molecule has 124 valence electrons. The molecule has 0 aliphatic rings. The summed E-state index contributed by atoms with van der Waals surface area (Å²) in [6, 6.07) is 15.2. The smallest absolute Gasteiger partial charge is 0.338 e. The molecular weight excluding hydrogens is 342 g/mol. The van der Waals surface area contributed by atoms with E-state index >= 15 is 0 Å². The molecule has 0 aliphatic carbocycles. The van der Waals surface area contributed by atoms with Gasteiger partial charge in [0, 0.05) is 5.02 Å². The number of esters is 1. The van der Waals surface area contributed by atoms with E-state index < -0.39 is 12.6 Å². The number of hydrogen-bond donors (Lipinski definition) is 2. The number of nitriles is 1. The van der Waals surface area contributed by atoms with Crippen molar-refractivity contribution in [3.63, 3.8) is 0 Å². The first-order valence-electron chi connectivity index (χ1n) is 7.28. The van der Waals surface area contributed by atoms with Gasteiger partial charge in [-0.25, -0.2) is 9.78 Å². The molecule has 1 aromatic heterocycles. The van der Waals surface area contributed by atoms with Gasteiger partial charge in [-0.1, -0.05) is 23.7 Å². The third kappa shape index (κ3) is 3.62. The Hall–Kier alpha value is -3.30. The summed E-state index contributed by atoms with van der Waals surface area (Å²) in [5, 5.41) is 19.9. The lowest BCUT2D eigenvalue weighted by Gasteiger charge is -2.05. The number of halogens is 1. The SMILES string of the molecule is N#C/C(=C(\O)COC(=O)c1ccc(Cl)cc1)c1nc2ccccc2[nH]1. The average Bonchev–Trinajstić information content (AvgIpc) is 3.04. The number of carbonyl (C=O) groups is 1. The number of carbonyl (C=O) groups excluding carboxylic acids is 1. The number of aromatic nitrogens is 2. The number of imidazole rings is 1. The third-order valence-electron chi connectivity index (χ3n) is 3.45. The van der Waals surface area contributed by atoms with E-state index in [4.69, 9.17) is 16.3 Å². The molecule has 0 amide bonds. The molecule has 1 heterocycles. The second-order valence-electron chi connectivity index (χ2n) is 5.12. The van der Waals surface area contributed by atoms with Gasteiger partial charge in [-0.2, -0.15) is 5.26 Å². The predicted molar refractivity (Wildman–Crippen MR) is 93.0 cm³/mol. The summed E-state index contributed by atoms with van der Waals surface area (Å²) in [6.07, 6.45) is 0. The molecule has 0 fully saturated rings. The van der Waals surface area contributed by atoms with Gasteiger partial charge in [-0.05, 0) is 36.4 Å². The monoisotopic (exact) mass is 353 g/mol. The number of hydrogen-bond acceptors (Lipinski definition) is 5. The first-order valence-corrected chi connectivity index (χ1v) is 7.66. The predicted octanol–water partition coefficient (Wildman–Crippen LogP) is 3.87. The van der Waals surface area contributed by atoms with Crippen LogP contribution < -0.4 is 0 Å². The van der Waals surface area contributed by atoms with Crippen LogP contribution in [0, 0.1) is 11.3 Å². The summed E-state index contributed by atoms with van der Waals surface area (Å²) in [6.45, 7) is -0.443. The molecule has 0 atom stereocenters. The van der Waals surface area contributed by atoms with Crippen LogP contribution in [-0.2, 0) is 4.74 Å².